The summed E-state index contributed by atoms with van der Waals surface area (Å²) in [6.45, 7) is 4.36. The molecule has 1 aromatic carbocycles. The van der Waals surface area contributed by atoms with Crippen LogP contribution in [-0.2, 0) is 19.5 Å². The van der Waals surface area contributed by atoms with Gasteiger partial charge in [0.15, 0.2) is 6.29 Å². The molecule has 0 heterocycles. The molecule has 0 spiro atoms. The van der Waals surface area contributed by atoms with Gasteiger partial charge in [-0.1, -0.05) is 6.07 Å². The van der Waals surface area contributed by atoms with E-state index in [9.17, 15) is 12.8 Å². The number of hydrogen-bond donors (Lipinski definition) is 1. The standard InChI is InChI=1S/C12H18FNO4S/c1-3-17-12(18-4-2)9-14-19(15,16)11-7-5-6-10(13)8-11/h5-8,12,14H,3-4,9H2,1-2H3. The van der Waals surface area contributed by atoms with Gasteiger partial charge >= 0.3 is 0 Å². The Balaban J connectivity index is 2.69. The van der Waals surface area contributed by atoms with Crippen LogP contribution in [0.3, 0.4) is 0 Å². The minimum Gasteiger partial charge on any atom is -0.352 e. The van der Waals surface area contributed by atoms with E-state index in [1.165, 1.54) is 18.2 Å². The summed E-state index contributed by atoms with van der Waals surface area (Å²) < 4.78 is 49.6. The second-order valence-electron chi connectivity index (χ2n) is 3.65. The van der Waals surface area contributed by atoms with Crippen LogP contribution in [0.5, 0.6) is 0 Å². The molecule has 0 aliphatic heterocycles. The van der Waals surface area contributed by atoms with Gasteiger partial charge in [-0.05, 0) is 32.0 Å². The molecule has 108 valence electrons. The van der Waals surface area contributed by atoms with Crippen LogP contribution in [0.2, 0.25) is 0 Å². The molecular formula is C12H18FNO4S. The molecule has 1 rings (SSSR count). The summed E-state index contributed by atoms with van der Waals surface area (Å²) in [6, 6.07) is 4.80. The van der Waals surface area contributed by atoms with Gasteiger partial charge in [-0.3, -0.25) is 0 Å². The Bertz CT molecular complexity index is 486. The highest BCUT2D eigenvalue weighted by Crippen LogP contribution is 2.10. The number of benzene rings is 1. The zero-order chi connectivity index (χ0) is 14.3. The van der Waals surface area contributed by atoms with E-state index in [0.717, 1.165) is 6.07 Å². The van der Waals surface area contributed by atoms with Gasteiger partial charge in [-0.15, -0.1) is 0 Å². The van der Waals surface area contributed by atoms with Crippen LogP contribution in [0, 0.1) is 5.82 Å². The Morgan fingerprint density at radius 1 is 1.26 bits per heavy atom. The Labute approximate surface area is 112 Å². The van der Waals surface area contributed by atoms with Crippen LogP contribution in [-0.4, -0.2) is 34.5 Å². The van der Waals surface area contributed by atoms with E-state index in [1.807, 2.05) is 0 Å². The van der Waals surface area contributed by atoms with Gasteiger partial charge in [-0.2, -0.15) is 0 Å². The normalized spacial score (nSPS) is 12.0. The van der Waals surface area contributed by atoms with Gasteiger partial charge in [0.1, 0.15) is 5.82 Å². The molecule has 0 aromatic heterocycles. The van der Waals surface area contributed by atoms with Gasteiger partial charge in [-0.25, -0.2) is 17.5 Å². The molecule has 0 aliphatic carbocycles. The molecule has 0 amide bonds. The van der Waals surface area contributed by atoms with Crippen LogP contribution in [0.25, 0.3) is 0 Å². The van der Waals surface area contributed by atoms with Crippen LogP contribution < -0.4 is 4.72 Å². The van der Waals surface area contributed by atoms with Gasteiger partial charge in [0.2, 0.25) is 10.0 Å². The molecule has 1 aromatic rings. The monoisotopic (exact) mass is 291 g/mol. The van der Waals surface area contributed by atoms with Crippen molar-refractivity contribution in [3.63, 3.8) is 0 Å². The van der Waals surface area contributed by atoms with E-state index in [1.54, 1.807) is 13.8 Å². The number of sulfonamides is 1. The van der Waals surface area contributed by atoms with Crippen LogP contribution in [0.15, 0.2) is 29.2 Å². The van der Waals surface area contributed by atoms with Crippen LogP contribution in [0.1, 0.15) is 13.8 Å². The second kappa shape index (κ2) is 7.54. The molecular weight excluding hydrogens is 273 g/mol. The van der Waals surface area contributed by atoms with Crippen molar-refractivity contribution >= 4 is 10.0 Å². The van der Waals surface area contributed by atoms with E-state index in [-0.39, 0.29) is 11.4 Å². The van der Waals surface area contributed by atoms with Crippen LogP contribution >= 0.6 is 0 Å². The predicted molar refractivity (Wildman–Crippen MR) is 68.6 cm³/mol. The molecule has 0 saturated heterocycles. The third-order valence-electron chi connectivity index (χ3n) is 2.25. The number of halogens is 1. The van der Waals surface area contributed by atoms with Crippen molar-refractivity contribution in [2.45, 2.75) is 25.0 Å². The zero-order valence-corrected chi connectivity index (χ0v) is 11.7. The van der Waals surface area contributed by atoms with E-state index < -0.39 is 22.1 Å². The Hall–Kier alpha value is -1.02. The maximum Gasteiger partial charge on any atom is 0.240 e. The quantitative estimate of drug-likeness (QED) is 0.737. The zero-order valence-electron chi connectivity index (χ0n) is 10.9. The summed E-state index contributed by atoms with van der Waals surface area (Å²) in [5.74, 6) is -0.603. The minimum absolute atomic E-state index is 0.0273. The number of nitrogens with one attached hydrogen (secondary N) is 1. The molecule has 0 atom stereocenters. The Morgan fingerprint density at radius 3 is 2.42 bits per heavy atom. The lowest BCUT2D eigenvalue weighted by molar-refractivity contribution is -0.130. The van der Waals surface area contributed by atoms with Crippen molar-refractivity contribution in [2.75, 3.05) is 19.8 Å². The summed E-state index contributed by atoms with van der Waals surface area (Å²) in [5.41, 5.74) is 0. The fourth-order valence-corrected chi connectivity index (χ4v) is 2.48. The largest absolute Gasteiger partial charge is 0.352 e. The lowest BCUT2D eigenvalue weighted by atomic mass is 10.4. The maximum absolute atomic E-state index is 13.0. The van der Waals surface area contributed by atoms with Crippen LogP contribution in [0.4, 0.5) is 4.39 Å². The summed E-state index contributed by atoms with van der Waals surface area (Å²) in [7, 11) is -3.76. The summed E-state index contributed by atoms with van der Waals surface area (Å²) in [6.07, 6.45) is -0.654. The van der Waals surface area contributed by atoms with Crippen molar-refractivity contribution in [2.24, 2.45) is 0 Å². The van der Waals surface area contributed by atoms with Gasteiger partial charge in [0.25, 0.3) is 0 Å². The van der Waals surface area contributed by atoms with Crippen molar-refractivity contribution in [3.8, 4) is 0 Å². The highest BCUT2D eigenvalue weighted by atomic mass is 32.2. The molecule has 0 saturated carbocycles. The van der Waals surface area contributed by atoms with Gasteiger partial charge in [0, 0.05) is 13.2 Å². The first kappa shape index (κ1) is 16.0. The first-order chi connectivity index (χ1) is 8.99. The molecule has 5 nitrogen and oxygen atoms in total. The number of ether oxygens (including phenoxy) is 2. The van der Waals surface area contributed by atoms with Crippen molar-refractivity contribution in [1.82, 2.24) is 4.72 Å². The third-order valence-corrected chi connectivity index (χ3v) is 3.67. The summed E-state index contributed by atoms with van der Waals surface area (Å²) >= 11 is 0. The fraction of sp³-hybridized carbons (Fsp3) is 0.500. The Kier molecular flexibility index (Phi) is 6.36. The SMILES string of the molecule is CCOC(CNS(=O)(=O)c1cccc(F)c1)OCC. The highest BCUT2D eigenvalue weighted by Gasteiger charge is 2.17. The lowest BCUT2D eigenvalue weighted by Crippen LogP contribution is -2.35. The third kappa shape index (κ3) is 5.23. The average Bonchev–Trinajstić information content (AvgIpc) is 2.37. The van der Waals surface area contributed by atoms with Crippen molar-refractivity contribution in [1.29, 1.82) is 0 Å². The smallest absolute Gasteiger partial charge is 0.240 e. The number of hydrogen-bond acceptors (Lipinski definition) is 4. The first-order valence-corrected chi connectivity index (χ1v) is 7.46. The van der Waals surface area contributed by atoms with Gasteiger partial charge < -0.3 is 9.47 Å². The minimum atomic E-state index is -3.76. The van der Waals surface area contributed by atoms with Crippen molar-refractivity contribution < 1.29 is 22.3 Å². The molecule has 0 unspecified atom stereocenters. The van der Waals surface area contributed by atoms with E-state index in [4.69, 9.17) is 9.47 Å². The molecule has 19 heavy (non-hydrogen) atoms. The lowest BCUT2D eigenvalue weighted by Gasteiger charge is -2.17. The fourth-order valence-electron chi connectivity index (χ4n) is 1.43. The van der Waals surface area contributed by atoms with E-state index >= 15 is 0 Å². The Morgan fingerprint density at radius 2 is 1.89 bits per heavy atom. The molecule has 0 fully saturated rings. The molecule has 0 bridgehead atoms. The van der Waals surface area contributed by atoms with E-state index in [0.29, 0.717) is 13.2 Å². The van der Waals surface area contributed by atoms with Gasteiger partial charge in [0.05, 0.1) is 11.4 Å². The molecule has 0 radical (unpaired) electrons. The average molecular weight is 291 g/mol. The summed E-state index contributed by atoms with van der Waals surface area (Å²) in [5, 5.41) is 0. The maximum atomic E-state index is 13.0. The second-order valence-corrected chi connectivity index (χ2v) is 5.42. The molecule has 7 heteroatoms. The number of rotatable bonds is 8. The van der Waals surface area contributed by atoms with Crippen molar-refractivity contribution in [3.05, 3.63) is 30.1 Å². The molecule has 1 N–H and O–H groups in total. The first-order valence-electron chi connectivity index (χ1n) is 5.98. The topological polar surface area (TPSA) is 64.6 Å². The molecule has 0 aliphatic rings. The summed E-state index contributed by atoms with van der Waals surface area (Å²) in [4.78, 5) is -0.126. The predicted octanol–water partition coefficient (Wildman–Crippen LogP) is 1.50. The van der Waals surface area contributed by atoms with E-state index in [2.05, 4.69) is 4.72 Å². The highest BCUT2D eigenvalue weighted by molar-refractivity contribution is 7.89.